The fourth-order valence-electron chi connectivity index (χ4n) is 1.97. The number of alkyl halides is 3. The van der Waals surface area contributed by atoms with Crippen LogP contribution < -0.4 is 5.73 Å². The van der Waals surface area contributed by atoms with E-state index in [-0.39, 0.29) is 5.69 Å². The van der Waals surface area contributed by atoms with Gasteiger partial charge in [0, 0.05) is 11.8 Å². The number of aromatic nitrogens is 2. The van der Waals surface area contributed by atoms with E-state index in [2.05, 4.69) is 5.10 Å². The average molecular weight is 293 g/mol. The number of nitrogen functional groups attached to an aromatic ring is 1. The van der Waals surface area contributed by atoms with Crippen molar-refractivity contribution in [2.45, 2.75) is 6.18 Å². The van der Waals surface area contributed by atoms with Gasteiger partial charge >= 0.3 is 6.18 Å². The molecule has 0 aliphatic rings. The van der Waals surface area contributed by atoms with Crippen LogP contribution in [0.25, 0.3) is 17.1 Å². The highest BCUT2D eigenvalue weighted by Crippen LogP contribution is 2.33. The van der Waals surface area contributed by atoms with E-state index in [0.29, 0.717) is 17.1 Å². The lowest BCUT2D eigenvalue weighted by Gasteiger charge is -2.06. The van der Waals surface area contributed by atoms with E-state index in [1.807, 2.05) is 0 Å². The Balaban J connectivity index is 2.21. The van der Waals surface area contributed by atoms with E-state index in [1.54, 1.807) is 36.4 Å². The second-order valence-corrected chi connectivity index (χ2v) is 4.40. The van der Waals surface area contributed by atoms with Crippen LogP contribution in [0.3, 0.4) is 0 Å². The summed E-state index contributed by atoms with van der Waals surface area (Å²) in [7, 11) is 0. The van der Waals surface area contributed by atoms with E-state index in [9.17, 15) is 13.2 Å². The Hall–Kier alpha value is -2.70. The number of rotatable bonds is 2. The van der Waals surface area contributed by atoms with Crippen LogP contribution in [-0.4, -0.2) is 9.78 Å². The molecule has 0 amide bonds. The third-order valence-corrected chi connectivity index (χ3v) is 2.89. The maximum absolute atomic E-state index is 12.9. The van der Waals surface area contributed by atoms with Crippen molar-refractivity contribution in [1.82, 2.24) is 9.78 Å². The third-order valence-electron chi connectivity index (χ3n) is 2.89. The monoisotopic (exact) mass is 293 g/mol. The molecule has 2 aromatic heterocycles. The summed E-state index contributed by atoms with van der Waals surface area (Å²) in [6.45, 7) is 0. The van der Waals surface area contributed by atoms with Gasteiger partial charge in [-0.25, -0.2) is 4.68 Å². The van der Waals surface area contributed by atoms with Gasteiger partial charge in [0.1, 0.15) is 5.69 Å². The first-order chi connectivity index (χ1) is 9.95. The number of hydrogen-bond donors (Lipinski definition) is 1. The van der Waals surface area contributed by atoms with Gasteiger partial charge in [0.15, 0.2) is 11.5 Å². The smallest absolute Gasteiger partial charge is 0.435 e. The third kappa shape index (κ3) is 2.49. The Labute approximate surface area is 117 Å². The SMILES string of the molecule is Nc1cccc(-n2nc(C(F)(F)F)cc2-c2ccco2)c1. The standard InChI is InChI=1S/C14H10F3N3O/c15-14(16,17)13-8-11(12-5-2-6-21-12)20(19-13)10-4-1-3-9(18)7-10/h1-8H,18H2. The molecule has 0 aliphatic carbocycles. The Bertz CT molecular complexity index is 760. The molecule has 0 spiro atoms. The number of anilines is 1. The van der Waals surface area contributed by atoms with E-state index in [1.165, 1.54) is 6.26 Å². The largest absolute Gasteiger partial charge is 0.463 e. The summed E-state index contributed by atoms with van der Waals surface area (Å²) in [6, 6.07) is 10.6. The van der Waals surface area contributed by atoms with Crippen molar-refractivity contribution >= 4 is 5.69 Å². The summed E-state index contributed by atoms with van der Waals surface area (Å²) in [5.74, 6) is 0.292. The Morgan fingerprint density at radius 3 is 2.52 bits per heavy atom. The molecule has 0 saturated carbocycles. The lowest BCUT2D eigenvalue weighted by molar-refractivity contribution is -0.141. The normalized spacial score (nSPS) is 11.8. The summed E-state index contributed by atoms with van der Waals surface area (Å²) >= 11 is 0. The molecule has 0 saturated heterocycles. The highest BCUT2D eigenvalue weighted by molar-refractivity contribution is 5.59. The number of benzene rings is 1. The zero-order chi connectivity index (χ0) is 15.0. The fourth-order valence-corrected chi connectivity index (χ4v) is 1.97. The van der Waals surface area contributed by atoms with Crippen LogP contribution in [0.5, 0.6) is 0 Å². The molecule has 0 unspecified atom stereocenters. The minimum atomic E-state index is -4.53. The Morgan fingerprint density at radius 1 is 1.10 bits per heavy atom. The van der Waals surface area contributed by atoms with Crippen molar-refractivity contribution in [3.8, 4) is 17.1 Å². The zero-order valence-corrected chi connectivity index (χ0v) is 10.6. The molecule has 3 rings (SSSR count). The molecule has 1 aromatic carbocycles. The maximum atomic E-state index is 12.9. The van der Waals surface area contributed by atoms with E-state index < -0.39 is 11.9 Å². The summed E-state index contributed by atoms with van der Waals surface area (Å²) in [5.41, 5.74) is 5.75. The van der Waals surface area contributed by atoms with Crippen molar-refractivity contribution in [2.75, 3.05) is 5.73 Å². The molecule has 0 radical (unpaired) electrons. The minimum Gasteiger partial charge on any atom is -0.463 e. The van der Waals surface area contributed by atoms with Crippen molar-refractivity contribution in [3.05, 3.63) is 54.4 Å². The van der Waals surface area contributed by atoms with Gasteiger partial charge in [0.25, 0.3) is 0 Å². The predicted octanol–water partition coefficient (Wildman–Crippen LogP) is 3.73. The highest BCUT2D eigenvalue weighted by atomic mass is 19.4. The lowest BCUT2D eigenvalue weighted by Crippen LogP contribution is -2.07. The van der Waals surface area contributed by atoms with Gasteiger partial charge in [-0.3, -0.25) is 0 Å². The van der Waals surface area contributed by atoms with E-state index >= 15 is 0 Å². The maximum Gasteiger partial charge on any atom is 0.435 e. The first kappa shape index (κ1) is 13.3. The average Bonchev–Trinajstić information content (AvgIpc) is 3.07. The lowest BCUT2D eigenvalue weighted by atomic mass is 10.2. The van der Waals surface area contributed by atoms with Gasteiger partial charge in [0.05, 0.1) is 12.0 Å². The summed E-state index contributed by atoms with van der Waals surface area (Å²) < 4.78 is 45.0. The predicted molar refractivity (Wildman–Crippen MR) is 70.7 cm³/mol. The molecule has 0 atom stereocenters. The second kappa shape index (κ2) is 4.69. The van der Waals surface area contributed by atoms with Gasteiger partial charge in [0.2, 0.25) is 0 Å². The Morgan fingerprint density at radius 2 is 1.90 bits per heavy atom. The molecular formula is C14H10F3N3O. The van der Waals surface area contributed by atoms with E-state index in [0.717, 1.165) is 10.7 Å². The first-order valence-electron chi connectivity index (χ1n) is 6.02. The second-order valence-electron chi connectivity index (χ2n) is 4.40. The quantitative estimate of drug-likeness (QED) is 0.732. The zero-order valence-electron chi connectivity index (χ0n) is 10.6. The number of nitrogens with zero attached hydrogens (tertiary/aromatic N) is 2. The van der Waals surface area contributed by atoms with Crippen molar-refractivity contribution < 1.29 is 17.6 Å². The number of furan rings is 1. The molecule has 2 heterocycles. The van der Waals surface area contributed by atoms with Crippen LogP contribution in [0.4, 0.5) is 18.9 Å². The fraction of sp³-hybridized carbons (Fsp3) is 0.0714. The van der Waals surface area contributed by atoms with Crippen LogP contribution in [0.2, 0.25) is 0 Å². The van der Waals surface area contributed by atoms with Gasteiger partial charge < -0.3 is 10.2 Å². The number of nitrogens with two attached hydrogens (primary N) is 1. The van der Waals surface area contributed by atoms with Gasteiger partial charge in [-0.2, -0.15) is 18.3 Å². The molecule has 0 bridgehead atoms. The summed E-state index contributed by atoms with van der Waals surface area (Å²) in [5, 5.41) is 3.62. The van der Waals surface area contributed by atoms with Crippen molar-refractivity contribution in [1.29, 1.82) is 0 Å². The molecule has 108 valence electrons. The summed E-state index contributed by atoms with van der Waals surface area (Å²) in [6.07, 6.45) is -3.15. The van der Waals surface area contributed by atoms with E-state index in [4.69, 9.17) is 10.2 Å². The van der Waals surface area contributed by atoms with Gasteiger partial charge in [-0.15, -0.1) is 0 Å². The van der Waals surface area contributed by atoms with Crippen molar-refractivity contribution in [3.63, 3.8) is 0 Å². The van der Waals surface area contributed by atoms with Gasteiger partial charge in [-0.1, -0.05) is 6.07 Å². The van der Waals surface area contributed by atoms with Crippen molar-refractivity contribution in [2.24, 2.45) is 0 Å². The number of halogens is 3. The van der Waals surface area contributed by atoms with Crippen LogP contribution in [0, 0.1) is 0 Å². The molecule has 3 aromatic rings. The molecular weight excluding hydrogens is 283 g/mol. The van der Waals surface area contributed by atoms with Crippen LogP contribution in [-0.2, 0) is 6.18 Å². The number of hydrogen-bond acceptors (Lipinski definition) is 3. The Kier molecular flexibility index (Phi) is 2.97. The minimum absolute atomic E-state index is 0.206. The molecule has 21 heavy (non-hydrogen) atoms. The molecule has 7 heteroatoms. The van der Waals surface area contributed by atoms with Crippen LogP contribution >= 0.6 is 0 Å². The highest BCUT2D eigenvalue weighted by Gasteiger charge is 2.35. The molecule has 2 N–H and O–H groups in total. The molecule has 0 fully saturated rings. The molecule has 0 aliphatic heterocycles. The first-order valence-corrected chi connectivity index (χ1v) is 6.02. The van der Waals surface area contributed by atoms with Gasteiger partial charge in [-0.05, 0) is 30.3 Å². The van der Waals surface area contributed by atoms with Crippen LogP contribution in [0.15, 0.2) is 53.1 Å². The molecule has 4 nitrogen and oxygen atoms in total. The van der Waals surface area contributed by atoms with Crippen LogP contribution in [0.1, 0.15) is 5.69 Å². The summed E-state index contributed by atoms with van der Waals surface area (Å²) in [4.78, 5) is 0. The topological polar surface area (TPSA) is 57.0 Å².